The molecule has 0 aromatic heterocycles. The van der Waals surface area contributed by atoms with Crippen molar-refractivity contribution in [2.75, 3.05) is 0 Å². The van der Waals surface area contributed by atoms with E-state index in [4.69, 9.17) is 5.73 Å². The summed E-state index contributed by atoms with van der Waals surface area (Å²) in [6.45, 7) is 3.91. The van der Waals surface area contributed by atoms with E-state index in [1.165, 1.54) is 0 Å². The Kier molecular flexibility index (Phi) is 2.49. The molecule has 3 N–H and O–H groups in total. The van der Waals surface area contributed by atoms with Crippen LogP contribution >= 0.6 is 0 Å². The molecule has 3 heteroatoms. The number of carbonyl (C=O) groups is 1. The summed E-state index contributed by atoms with van der Waals surface area (Å²) in [5.74, 6) is 0.233. The minimum absolute atomic E-state index is 0.00231. The number of nitrogens with one attached hydrogen (secondary N) is 1. The van der Waals surface area contributed by atoms with E-state index in [-0.39, 0.29) is 17.9 Å². The average Bonchev–Trinajstić information content (AvgIpc) is 2.69. The summed E-state index contributed by atoms with van der Waals surface area (Å²) < 4.78 is 0. The Balaban J connectivity index is 2.26. The lowest BCUT2D eigenvalue weighted by molar-refractivity contribution is -0.123. The second kappa shape index (κ2) is 3.22. The molecule has 0 saturated heterocycles. The lowest BCUT2D eigenvalue weighted by Gasteiger charge is -2.14. The van der Waals surface area contributed by atoms with Gasteiger partial charge in [0.15, 0.2) is 0 Å². The Bertz CT molecular complexity index is 152. The van der Waals surface area contributed by atoms with Crippen molar-refractivity contribution in [1.29, 1.82) is 0 Å². The zero-order valence-corrected chi connectivity index (χ0v) is 7.13. The quantitative estimate of drug-likeness (QED) is 0.615. The molecular weight excluding hydrogens is 140 g/mol. The van der Waals surface area contributed by atoms with E-state index in [0.29, 0.717) is 6.04 Å². The summed E-state index contributed by atoms with van der Waals surface area (Å²) >= 11 is 0. The smallest absolute Gasteiger partial charge is 0.237 e. The molecular formula is C8H16N2O. The number of hydrogen-bond donors (Lipinski definition) is 2. The van der Waals surface area contributed by atoms with Crippen LogP contribution in [0.2, 0.25) is 0 Å². The van der Waals surface area contributed by atoms with Crippen molar-refractivity contribution >= 4 is 5.91 Å². The molecule has 0 aromatic rings. The van der Waals surface area contributed by atoms with Gasteiger partial charge in [0.1, 0.15) is 0 Å². The maximum Gasteiger partial charge on any atom is 0.237 e. The summed E-state index contributed by atoms with van der Waals surface area (Å²) in [5.41, 5.74) is 5.62. The van der Waals surface area contributed by atoms with Gasteiger partial charge in [-0.1, -0.05) is 13.8 Å². The van der Waals surface area contributed by atoms with Crippen LogP contribution in [0, 0.1) is 5.92 Å². The SMILES string of the molecule is CC(C)[C@H](N)C(=O)NC1CC1. The van der Waals surface area contributed by atoms with Gasteiger partial charge < -0.3 is 11.1 Å². The lowest BCUT2D eigenvalue weighted by Crippen LogP contribution is -2.44. The summed E-state index contributed by atoms with van der Waals surface area (Å²) in [6, 6.07) is 0.0860. The highest BCUT2D eigenvalue weighted by atomic mass is 16.2. The minimum Gasteiger partial charge on any atom is -0.352 e. The van der Waals surface area contributed by atoms with Crippen LogP contribution in [0.1, 0.15) is 26.7 Å². The largest absolute Gasteiger partial charge is 0.352 e. The monoisotopic (exact) mass is 156 g/mol. The Morgan fingerprint density at radius 3 is 2.45 bits per heavy atom. The maximum atomic E-state index is 11.2. The van der Waals surface area contributed by atoms with Crippen LogP contribution in [0.25, 0.3) is 0 Å². The number of hydrogen-bond acceptors (Lipinski definition) is 2. The van der Waals surface area contributed by atoms with Crippen LogP contribution in [0.15, 0.2) is 0 Å². The second-order valence-electron chi connectivity index (χ2n) is 3.55. The highest BCUT2D eigenvalue weighted by molar-refractivity contribution is 5.82. The van der Waals surface area contributed by atoms with Crippen molar-refractivity contribution in [2.24, 2.45) is 11.7 Å². The molecule has 0 radical (unpaired) electrons. The Hall–Kier alpha value is -0.570. The van der Waals surface area contributed by atoms with Gasteiger partial charge in [0.25, 0.3) is 0 Å². The molecule has 1 aliphatic carbocycles. The van der Waals surface area contributed by atoms with Crippen molar-refractivity contribution in [3.05, 3.63) is 0 Å². The van der Waals surface area contributed by atoms with Crippen molar-refractivity contribution in [1.82, 2.24) is 5.32 Å². The Morgan fingerprint density at radius 2 is 2.09 bits per heavy atom. The fourth-order valence-corrected chi connectivity index (χ4v) is 0.828. The van der Waals surface area contributed by atoms with Crippen molar-refractivity contribution < 1.29 is 4.79 Å². The van der Waals surface area contributed by atoms with Crippen LogP contribution in [0.3, 0.4) is 0 Å². The lowest BCUT2D eigenvalue weighted by atomic mass is 10.1. The highest BCUT2D eigenvalue weighted by Gasteiger charge is 2.26. The highest BCUT2D eigenvalue weighted by Crippen LogP contribution is 2.18. The predicted molar refractivity (Wildman–Crippen MR) is 44.0 cm³/mol. The third-order valence-electron chi connectivity index (χ3n) is 1.94. The molecule has 1 rings (SSSR count). The van der Waals surface area contributed by atoms with Crippen molar-refractivity contribution in [3.63, 3.8) is 0 Å². The molecule has 11 heavy (non-hydrogen) atoms. The van der Waals surface area contributed by atoms with Gasteiger partial charge in [-0.25, -0.2) is 0 Å². The van der Waals surface area contributed by atoms with Crippen LogP contribution in [-0.4, -0.2) is 18.0 Å². The number of nitrogens with two attached hydrogens (primary N) is 1. The number of rotatable bonds is 3. The van der Waals surface area contributed by atoms with E-state index in [9.17, 15) is 4.79 Å². The fourth-order valence-electron chi connectivity index (χ4n) is 0.828. The van der Waals surface area contributed by atoms with Gasteiger partial charge in [0.05, 0.1) is 6.04 Å². The molecule has 1 amide bonds. The van der Waals surface area contributed by atoms with E-state index in [0.717, 1.165) is 12.8 Å². The van der Waals surface area contributed by atoms with E-state index in [1.54, 1.807) is 0 Å². The molecule has 0 heterocycles. The van der Waals surface area contributed by atoms with Crippen molar-refractivity contribution in [3.8, 4) is 0 Å². The van der Waals surface area contributed by atoms with Gasteiger partial charge in [-0.05, 0) is 18.8 Å². The van der Waals surface area contributed by atoms with Gasteiger partial charge in [-0.2, -0.15) is 0 Å². The predicted octanol–water partition coefficient (Wildman–Crippen LogP) is 0.248. The molecule has 0 aliphatic heterocycles. The second-order valence-corrected chi connectivity index (χ2v) is 3.55. The molecule has 0 spiro atoms. The fraction of sp³-hybridized carbons (Fsp3) is 0.875. The van der Waals surface area contributed by atoms with E-state index >= 15 is 0 Å². The van der Waals surface area contributed by atoms with E-state index < -0.39 is 0 Å². The summed E-state index contributed by atoms with van der Waals surface area (Å²) in [4.78, 5) is 11.2. The zero-order valence-electron chi connectivity index (χ0n) is 7.13. The molecule has 1 fully saturated rings. The first kappa shape index (κ1) is 8.53. The first-order chi connectivity index (χ1) is 5.11. The average molecular weight is 156 g/mol. The van der Waals surface area contributed by atoms with Gasteiger partial charge in [-0.3, -0.25) is 4.79 Å². The van der Waals surface area contributed by atoms with E-state index in [2.05, 4.69) is 5.32 Å². The zero-order chi connectivity index (χ0) is 8.43. The first-order valence-electron chi connectivity index (χ1n) is 4.17. The standard InChI is InChI=1S/C8H16N2O/c1-5(2)7(9)8(11)10-6-3-4-6/h5-7H,3-4,9H2,1-2H3,(H,10,11)/t7-/m0/s1. The summed E-state index contributed by atoms with van der Waals surface area (Å²) in [6.07, 6.45) is 2.24. The van der Waals surface area contributed by atoms with E-state index in [1.807, 2.05) is 13.8 Å². The van der Waals surface area contributed by atoms with Crippen LogP contribution in [0.4, 0.5) is 0 Å². The third kappa shape index (κ3) is 2.50. The molecule has 0 bridgehead atoms. The number of amides is 1. The molecule has 1 saturated carbocycles. The van der Waals surface area contributed by atoms with Crippen LogP contribution in [-0.2, 0) is 4.79 Å². The topological polar surface area (TPSA) is 55.1 Å². The Morgan fingerprint density at radius 1 is 1.55 bits per heavy atom. The molecule has 0 aromatic carbocycles. The molecule has 0 unspecified atom stereocenters. The first-order valence-corrected chi connectivity index (χ1v) is 4.17. The summed E-state index contributed by atoms with van der Waals surface area (Å²) in [7, 11) is 0. The van der Waals surface area contributed by atoms with Gasteiger partial charge in [-0.15, -0.1) is 0 Å². The molecule has 1 atom stereocenters. The van der Waals surface area contributed by atoms with Gasteiger partial charge in [0.2, 0.25) is 5.91 Å². The molecule has 64 valence electrons. The normalized spacial score (nSPS) is 20.0. The minimum atomic E-state index is -0.337. The van der Waals surface area contributed by atoms with Crippen LogP contribution < -0.4 is 11.1 Å². The molecule has 3 nitrogen and oxygen atoms in total. The Labute approximate surface area is 67.3 Å². The number of carbonyl (C=O) groups excluding carboxylic acids is 1. The summed E-state index contributed by atoms with van der Waals surface area (Å²) in [5, 5.41) is 2.87. The third-order valence-corrected chi connectivity index (χ3v) is 1.94. The maximum absolute atomic E-state index is 11.2. The van der Waals surface area contributed by atoms with Gasteiger partial charge >= 0.3 is 0 Å². The van der Waals surface area contributed by atoms with Gasteiger partial charge in [0, 0.05) is 6.04 Å². The molecule has 1 aliphatic rings. The van der Waals surface area contributed by atoms with Crippen LogP contribution in [0.5, 0.6) is 0 Å². The van der Waals surface area contributed by atoms with Crippen molar-refractivity contribution in [2.45, 2.75) is 38.8 Å².